The summed E-state index contributed by atoms with van der Waals surface area (Å²) in [5.41, 5.74) is 3.05. The first-order chi connectivity index (χ1) is 16.0. The lowest BCUT2D eigenvalue weighted by Gasteiger charge is -2.35. The molecule has 1 saturated heterocycles. The van der Waals surface area contributed by atoms with Crippen molar-refractivity contribution in [1.29, 1.82) is 0 Å². The highest BCUT2D eigenvalue weighted by Gasteiger charge is 2.25. The van der Waals surface area contributed by atoms with Crippen molar-refractivity contribution in [3.8, 4) is 11.3 Å². The summed E-state index contributed by atoms with van der Waals surface area (Å²) < 4.78 is 0. The molecule has 9 nitrogen and oxygen atoms in total. The van der Waals surface area contributed by atoms with Crippen LogP contribution >= 0.6 is 12.4 Å². The van der Waals surface area contributed by atoms with Gasteiger partial charge in [-0.25, -0.2) is 4.98 Å². The van der Waals surface area contributed by atoms with Crippen molar-refractivity contribution in [2.75, 3.05) is 37.6 Å². The molecule has 1 aliphatic heterocycles. The van der Waals surface area contributed by atoms with Crippen LogP contribution in [0.5, 0.6) is 0 Å². The van der Waals surface area contributed by atoms with E-state index in [0.29, 0.717) is 12.5 Å². The second-order valence-corrected chi connectivity index (χ2v) is 9.09. The molecule has 2 aliphatic rings. The number of piperazine rings is 1. The van der Waals surface area contributed by atoms with Gasteiger partial charge in [-0.15, -0.1) is 17.5 Å². The molecule has 1 aromatic carbocycles. The Hall–Kier alpha value is -2.78. The number of benzene rings is 1. The van der Waals surface area contributed by atoms with E-state index in [-0.39, 0.29) is 36.3 Å². The molecule has 0 atom stereocenters. The Morgan fingerprint density at radius 1 is 0.971 bits per heavy atom. The molecule has 10 heteroatoms. The van der Waals surface area contributed by atoms with Crippen LogP contribution in [-0.2, 0) is 9.59 Å². The van der Waals surface area contributed by atoms with Crippen LogP contribution in [0.15, 0.2) is 30.5 Å². The van der Waals surface area contributed by atoms with Crippen LogP contribution in [0.4, 0.5) is 5.95 Å². The third kappa shape index (κ3) is 7.11. The van der Waals surface area contributed by atoms with Crippen molar-refractivity contribution in [3.63, 3.8) is 0 Å². The van der Waals surface area contributed by atoms with Crippen molar-refractivity contribution in [1.82, 2.24) is 30.7 Å². The van der Waals surface area contributed by atoms with Gasteiger partial charge in [0.25, 0.3) is 0 Å². The van der Waals surface area contributed by atoms with Gasteiger partial charge in [0.05, 0.1) is 18.4 Å². The molecule has 4 rings (SSSR count). The predicted molar refractivity (Wildman–Crippen MR) is 134 cm³/mol. The van der Waals surface area contributed by atoms with E-state index in [1.165, 1.54) is 5.56 Å². The fourth-order valence-electron chi connectivity index (χ4n) is 4.54. The van der Waals surface area contributed by atoms with Crippen LogP contribution < -0.4 is 15.5 Å². The molecule has 2 aromatic rings. The van der Waals surface area contributed by atoms with Crippen LogP contribution in [-0.4, -0.2) is 76.7 Å². The number of nitrogens with zero attached hydrogens (tertiary/aromatic N) is 5. The first kappa shape index (κ1) is 25.8. The van der Waals surface area contributed by atoms with Gasteiger partial charge in [-0.05, 0) is 32.6 Å². The fourth-order valence-corrected chi connectivity index (χ4v) is 4.54. The summed E-state index contributed by atoms with van der Waals surface area (Å²) in [4.78, 5) is 32.8. The highest BCUT2D eigenvalue weighted by Crippen LogP contribution is 2.20. The Morgan fingerprint density at radius 2 is 1.59 bits per heavy atom. The zero-order chi connectivity index (χ0) is 23.2. The molecule has 2 heterocycles. The normalized spacial score (nSPS) is 20.8. The largest absolute Gasteiger partial charge is 0.354 e. The molecule has 2 N–H and O–H groups in total. The Bertz CT molecular complexity index is 956. The maximum Gasteiger partial charge on any atom is 0.245 e. The van der Waals surface area contributed by atoms with Crippen LogP contribution in [0.25, 0.3) is 11.3 Å². The average molecular weight is 488 g/mol. The van der Waals surface area contributed by atoms with Gasteiger partial charge in [0.2, 0.25) is 17.8 Å². The summed E-state index contributed by atoms with van der Waals surface area (Å²) in [6, 6.07) is 8.67. The molecule has 1 aliphatic carbocycles. The minimum Gasteiger partial charge on any atom is -0.354 e. The Balaban J connectivity index is 0.00000324. The van der Waals surface area contributed by atoms with Gasteiger partial charge >= 0.3 is 0 Å². The first-order valence-corrected chi connectivity index (χ1v) is 11.8. The molecular formula is C24H34ClN7O2. The molecule has 1 aromatic heterocycles. The van der Waals surface area contributed by atoms with Crippen LogP contribution in [0.2, 0.25) is 0 Å². The van der Waals surface area contributed by atoms with E-state index in [0.717, 1.165) is 63.1 Å². The Morgan fingerprint density at radius 3 is 2.21 bits per heavy atom. The molecular weight excluding hydrogens is 454 g/mol. The number of carbonyl (C=O) groups excluding carboxylic acids is 2. The number of carbonyl (C=O) groups is 2. The number of hydrogen-bond donors (Lipinski definition) is 2. The van der Waals surface area contributed by atoms with Gasteiger partial charge in [-0.2, -0.15) is 5.10 Å². The molecule has 0 unspecified atom stereocenters. The Kier molecular flexibility index (Phi) is 9.18. The third-order valence-electron chi connectivity index (χ3n) is 6.42. The summed E-state index contributed by atoms with van der Waals surface area (Å²) in [6.45, 7) is 7.09. The van der Waals surface area contributed by atoms with Gasteiger partial charge in [-0.3, -0.25) is 14.5 Å². The van der Waals surface area contributed by atoms with E-state index >= 15 is 0 Å². The predicted octanol–water partition coefficient (Wildman–Crippen LogP) is 1.95. The number of amides is 2. The zero-order valence-electron chi connectivity index (χ0n) is 19.9. The average Bonchev–Trinajstić information content (AvgIpc) is 2.81. The second-order valence-electron chi connectivity index (χ2n) is 9.09. The minimum atomic E-state index is 0. The molecule has 184 valence electrons. The molecule has 0 radical (unpaired) electrons. The van der Waals surface area contributed by atoms with Crippen LogP contribution in [0.1, 0.15) is 38.2 Å². The van der Waals surface area contributed by atoms with E-state index in [2.05, 4.69) is 49.7 Å². The number of rotatable bonds is 6. The van der Waals surface area contributed by atoms with Crippen molar-refractivity contribution in [2.24, 2.45) is 0 Å². The summed E-state index contributed by atoms with van der Waals surface area (Å²) in [5, 5.41) is 14.5. The van der Waals surface area contributed by atoms with E-state index < -0.39 is 0 Å². The fraction of sp³-hybridized carbons (Fsp3) is 0.542. The highest BCUT2D eigenvalue weighted by atomic mass is 35.5. The van der Waals surface area contributed by atoms with E-state index in [4.69, 9.17) is 4.98 Å². The van der Waals surface area contributed by atoms with Crippen LogP contribution in [0, 0.1) is 6.92 Å². The van der Waals surface area contributed by atoms with E-state index in [1.807, 2.05) is 12.1 Å². The number of anilines is 1. The molecule has 0 spiro atoms. The van der Waals surface area contributed by atoms with Crippen molar-refractivity contribution in [2.45, 2.75) is 51.6 Å². The van der Waals surface area contributed by atoms with Gasteiger partial charge in [0.1, 0.15) is 0 Å². The monoisotopic (exact) mass is 487 g/mol. The molecule has 34 heavy (non-hydrogen) atoms. The maximum absolute atomic E-state index is 12.5. The van der Waals surface area contributed by atoms with E-state index in [1.54, 1.807) is 13.1 Å². The van der Waals surface area contributed by atoms with E-state index in [9.17, 15) is 9.59 Å². The first-order valence-electron chi connectivity index (χ1n) is 11.8. The van der Waals surface area contributed by atoms with Crippen molar-refractivity contribution < 1.29 is 9.59 Å². The maximum atomic E-state index is 12.5. The zero-order valence-corrected chi connectivity index (χ0v) is 20.7. The number of halogens is 1. The lowest BCUT2D eigenvalue weighted by Crippen LogP contribution is -2.51. The van der Waals surface area contributed by atoms with Crippen molar-refractivity contribution >= 4 is 30.2 Å². The van der Waals surface area contributed by atoms with Gasteiger partial charge < -0.3 is 15.5 Å². The minimum absolute atomic E-state index is 0. The molecule has 2 fully saturated rings. The Labute approximate surface area is 207 Å². The molecule has 0 bridgehead atoms. The lowest BCUT2D eigenvalue weighted by atomic mass is 9.91. The third-order valence-corrected chi connectivity index (χ3v) is 6.42. The van der Waals surface area contributed by atoms with Gasteiger partial charge in [0.15, 0.2) is 0 Å². The highest BCUT2D eigenvalue weighted by molar-refractivity contribution is 5.85. The summed E-state index contributed by atoms with van der Waals surface area (Å²) in [7, 11) is 0. The topological polar surface area (TPSA) is 103 Å². The number of nitrogens with one attached hydrogen (secondary N) is 2. The molecule has 2 amide bonds. The summed E-state index contributed by atoms with van der Waals surface area (Å²) in [5.74, 6) is 0.725. The summed E-state index contributed by atoms with van der Waals surface area (Å²) >= 11 is 0. The quantitative estimate of drug-likeness (QED) is 0.641. The van der Waals surface area contributed by atoms with Crippen LogP contribution in [0.3, 0.4) is 0 Å². The standard InChI is InChI=1S/C24H33N7O2.ClH/c1-17-3-5-19(6-4-17)22-15-25-29-24(28-22)31-13-11-30(12-14-31)16-23(33)27-21-9-7-20(8-10-21)26-18(2)32;/h3-6,15,20-21H,7-14,16H2,1-2H3,(H,26,32)(H,27,33);1H. The second kappa shape index (κ2) is 12.1. The molecule has 1 saturated carbocycles. The number of aromatic nitrogens is 3. The van der Waals surface area contributed by atoms with Crippen molar-refractivity contribution in [3.05, 3.63) is 36.0 Å². The summed E-state index contributed by atoms with van der Waals surface area (Å²) in [6.07, 6.45) is 5.34. The van der Waals surface area contributed by atoms with Gasteiger partial charge in [-0.1, -0.05) is 29.8 Å². The number of aryl methyl sites for hydroxylation is 1. The lowest BCUT2D eigenvalue weighted by molar-refractivity contribution is -0.123. The smallest absolute Gasteiger partial charge is 0.245 e. The SMILES string of the molecule is CC(=O)NC1CCC(NC(=O)CN2CCN(c3nncc(-c4ccc(C)cc4)n3)CC2)CC1.Cl. The van der Waals surface area contributed by atoms with Gasteiger partial charge in [0, 0.05) is 50.7 Å². The number of hydrogen-bond acceptors (Lipinski definition) is 7.